The SMILES string of the molecule is CC(C)(C)c1ccc(C2CC(=O)C3C(=Nc4ccccc4N(C(=O)CCC(=O)[O-])C3c3ccc(F)cc3)C2)cc1. The van der Waals surface area contributed by atoms with Gasteiger partial charge in [0.1, 0.15) is 11.6 Å². The van der Waals surface area contributed by atoms with Crippen LogP contribution in [0.4, 0.5) is 15.8 Å². The lowest BCUT2D eigenvalue weighted by atomic mass is 9.71. The lowest BCUT2D eigenvalue weighted by molar-refractivity contribution is -0.305. The molecule has 3 aromatic rings. The van der Waals surface area contributed by atoms with Crippen molar-refractivity contribution < 1.29 is 23.9 Å². The summed E-state index contributed by atoms with van der Waals surface area (Å²) in [5, 5.41) is 11.2. The van der Waals surface area contributed by atoms with Gasteiger partial charge in [-0.3, -0.25) is 14.6 Å². The lowest BCUT2D eigenvalue weighted by Gasteiger charge is -2.39. The summed E-state index contributed by atoms with van der Waals surface area (Å²) in [6.07, 6.45) is 0.0476. The molecule has 40 heavy (non-hydrogen) atoms. The molecule has 5 rings (SSSR count). The molecule has 3 aromatic carbocycles. The van der Waals surface area contributed by atoms with Crippen LogP contribution in [0.3, 0.4) is 0 Å². The fourth-order valence-electron chi connectivity index (χ4n) is 5.81. The van der Waals surface area contributed by atoms with Crippen LogP contribution >= 0.6 is 0 Å². The molecule has 3 unspecified atom stereocenters. The van der Waals surface area contributed by atoms with E-state index in [4.69, 9.17) is 4.99 Å². The molecule has 1 aliphatic heterocycles. The van der Waals surface area contributed by atoms with Crippen molar-refractivity contribution in [3.63, 3.8) is 0 Å². The summed E-state index contributed by atoms with van der Waals surface area (Å²) < 4.78 is 13.9. The molecule has 0 N–H and O–H groups in total. The predicted octanol–water partition coefficient (Wildman–Crippen LogP) is 5.58. The second-order valence-electron chi connectivity index (χ2n) is 11.6. The summed E-state index contributed by atoms with van der Waals surface area (Å²) in [7, 11) is 0. The predicted molar refractivity (Wildman–Crippen MR) is 150 cm³/mol. The minimum atomic E-state index is -1.33. The van der Waals surface area contributed by atoms with Crippen LogP contribution in [-0.4, -0.2) is 23.4 Å². The van der Waals surface area contributed by atoms with Gasteiger partial charge in [-0.2, -0.15) is 0 Å². The average Bonchev–Trinajstić information content (AvgIpc) is 3.06. The molecular formula is C33H32FN2O4-. The van der Waals surface area contributed by atoms with E-state index in [9.17, 15) is 23.9 Å². The van der Waals surface area contributed by atoms with E-state index in [1.807, 2.05) is 6.07 Å². The highest BCUT2D eigenvalue weighted by atomic mass is 19.1. The van der Waals surface area contributed by atoms with E-state index in [0.29, 0.717) is 29.1 Å². The Kier molecular flexibility index (Phi) is 7.41. The van der Waals surface area contributed by atoms with Gasteiger partial charge >= 0.3 is 0 Å². The van der Waals surface area contributed by atoms with E-state index in [1.54, 1.807) is 30.3 Å². The number of para-hydroxylation sites is 2. The molecule has 7 heteroatoms. The number of aliphatic carboxylic acids is 1. The maximum atomic E-state index is 14.0. The number of carboxylic acid groups (broad SMARTS) is 1. The highest BCUT2D eigenvalue weighted by molar-refractivity contribution is 6.13. The van der Waals surface area contributed by atoms with Gasteiger partial charge in [0.15, 0.2) is 0 Å². The summed E-state index contributed by atoms with van der Waals surface area (Å²) in [6, 6.07) is 20.5. The van der Waals surface area contributed by atoms with E-state index < -0.39 is 36.1 Å². The number of carbonyl (C=O) groups excluding carboxylic acids is 3. The number of ketones is 1. The second-order valence-corrected chi connectivity index (χ2v) is 11.6. The van der Waals surface area contributed by atoms with Crippen molar-refractivity contribution in [3.8, 4) is 0 Å². The normalized spacial score (nSPS) is 20.7. The van der Waals surface area contributed by atoms with Crippen molar-refractivity contribution in [2.24, 2.45) is 10.9 Å². The van der Waals surface area contributed by atoms with Crippen LogP contribution in [0.5, 0.6) is 0 Å². The van der Waals surface area contributed by atoms with E-state index in [2.05, 4.69) is 45.0 Å². The van der Waals surface area contributed by atoms with Crippen molar-refractivity contribution in [2.75, 3.05) is 4.90 Å². The number of hydrogen-bond donors (Lipinski definition) is 0. The second kappa shape index (κ2) is 10.8. The Balaban J connectivity index is 1.60. The summed E-state index contributed by atoms with van der Waals surface area (Å²) in [5.41, 5.74) is 4.54. The number of carbonyl (C=O) groups is 3. The summed E-state index contributed by atoms with van der Waals surface area (Å²) >= 11 is 0. The van der Waals surface area contributed by atoms with Gasteiger partial charge in [0.05, 0.1) is 23.3 Å². The van der Waals surface area contributed by atoms with Crippen LogP contribution in [0.15, 0.2) is 77.8 Å². The zero-order chi connectivity index (χ0) is 28.6. The fourth-order valence-corrected chi connectivity index (χ4v) is 5.81. The molecule has 0 spiro atoms. The standard InChI is InChI=1S/C33H33FN2O4/c1-33(2,3)23-12-8-20(9-13-23)22-18-26-31(28(37)19-22)32(21-10-14-24(34)15-11-21)36(29(38)16-17-30(39)40)27-7-5-4-6-25(27)35-26/h4-15,22,31-32H,16-19H2,1-3H3,(H,39,40)/p-1. The van der Waals surface area contributed by atoms with Crippen molar-refractivity contribution >= 4 is 34.7 Å². The van der Waals surface area contributed by atoms with Crippen molar-refractivity contribution in [1.82, 2.24) is 0 Å². The van der Waals surface area contributed by atoms with Crippen LogP contribution in [0.25, 0.3) is 0 Å². The molecule has 0 aromatic heterocycles. The topological polar surface area (TPSA) is 89.9 Å². The van der Waals surface area contributed by atoms with E-state index >= 15 is 0 Å². The number of halogens is 1. The van der Waals surface area contributed by atoms with Gasteiger partial charge in [0, 0.05) is 24.5 Å². The summed E-state index contributed by atoms with van der Waals surface area (Å²) in [6.45, 7) is 6.47. The first-order valence-electron chi connectivity index (χ1n) is 13.6. The van der Waals surface area contributed by atoms with Gasteiger partial charge in [-0.25, -0.2) is 4.39 Å². The third-order valence-electron chi connectivity index (χ3n) is 7.88. The molecular weight excluding hydrogens is 507 g/mol. The molecule has 3 atom stereocenters. The zero-order valence-electron chi connectivity index (χ0n) is 22.9. The third-order valence-corrected chi connectivity index (χ3v) is 7.88. The van der Waals surface area contributed by atoms with Crippen LogP contribution in [-0.2, 0) is 19.8 Å². The molecule has 1 aliphatic carbocycles. The smallest absolute Gasteiger partial charge is 0.228 e. The third kappa shape index (κ3) is 5.46. The number of amides is 1. The molecule has 1 fully saturated rings. The van der Waals surface area contributed by atoms with Gasteiger partial charge < -0.3 is 14.8 Å². The molecule has 0 saturated heterocycles. The Labute approximate surface area is 233 Å². The van der Waals surface area contributed by atoms with E-state index in [0.717, 1.165) is 5.56 Å². The number of fused-ring (bicyclic) bond motifs is 2. The largest absolute Gasteiger partial charge is 0.550 e. The Morgan fingerprint density at radius 2 is 1.57 bits per heavy atom. The highest BCUT2D eigenvalue weighted by Crippen LogP contribution is 2.47. The molecule has 1 heterocycles. The summed E-state index contributed by atoms with van der Waals surface area (Å²) in [5.74, 6) is -3.12. The molecule has 6 nitrogen and oxygen atoms in total. The van der Waals surface area contributed by atoms with E-state index in [-0.39, 0.29) is 30.0 Å². The zero-order valence-corrected chi connectivity index (χ0v) is 22.9. The van der Waals surface area contributed by atoms with Crippen molar-refractivity contribution in [2.45, 2.75) is 63.8 Å². The van der Waals surface area contributed by atoms with Gasteiger partial charge in [-0.1, -0.05) is 69.3 Å². The Hall–Kier alpha value is -4.13. The number of rotatable bonds is 5. The van der Waals surface area contributed by atoms with Crippen LogP contribution < -0.4 is 10.0 Å². The molecule has 206 valence electrons. The molecule has 0 radical (unpaired) electrons. The van der Waals surface area contributed by atoms with Gasteiger partial charge in [0.2, 0.25) is 5.91 Å². The number of Topliss-reactive ketones (excluding diaryl/α,β-unsaturated/α-hetero) is 1. The molecule has 1 saturated carbocycles. The Morgan fingerprint density at radius 3 is 2.23 bits per heavy atom. The Morgan fingerprint density at radius 1 is 0.925 bits per heavy atom. The van der Waals surface area contributed by atoms with Gasteiger partial charge in [-0.05, 0) is 65.1 Å². The first kappa shape index (κ1) is 27.4. The quantitative estimate of drug-likeness (QED) is 0.424. The fraction of sp³-hybridized carbons (Fsp3) is 0.333. The maximum absolute atomic E-state index is 14.0. The molecule has 0 bridgehead atoms. The summed E-state index contributed by atoms with van der Waals surface area (Å²) in [4.78, 5) is 45.3. The number of anilines is 1. The first-order valence-corrected chi connectivity index (χ1v) is 13.6. The molecule has 2 aliphatic rings. The van der Waals surface area contributed by atoms with Crippen LogP contribution in [0, 0.1) is 11.7 Å². The number of aliphatic imine (C=N–C) groups is 1. The van der Waals surface area contributed by atoms with Gasteiger partial charge in [0.25, 0.3) is 0 Å². The van der Waals surface area contributed by atoms with E-state index in [1.165, 1.54) is 22.6 Å². The minimum Gasteiger partial charge on any atom is -0.550 e. The van der Waals surface area contributed by atoms with Crippen LogP contribution in [0.1, 0.15) is 75.1 Å². The molecule has 1 amide bonds. The lowest BCUT2D eigenvalue weighted by Crippen LogP contribution is -2.45. The van der Waals surface area contributed by atoms with Crippen LogP contribution in [0.2, 0.25) is 0 Å². The maximum Gasteiger partial charge on any atom is 0.228 e. The first-order chi connectivity index (χ1) is 19.0. The Bertz CT molecular complexity index is 1470. The number of carboxylic acids is 1. The average molecular weight is 540 g/mol. The van der Waals surface area contributed by atoms with Crippen molar-refractivity contribution in [1.29, 1.82) is 0 Å². The van der Waals surface area contributed by atoms with Gasteiger partial charge in [-0.15, -0.1) is 0 Å². The minimum absolute atomic E-state index is 0.0101. The number of hydrogen-bond acceptors (Lipinski definition) is 5. The highest BCUT2D eigenvalue weighted by Gasteiger charge is 2.46. The van der Waals surface area contributed by atoms with Crippen molar-refractivity contribution in [3.05, 3.63) is 95.3 Å². The monoisotopic (exact) mass is 539 g/mol. The number of nitrogens with zero attached hydrogens (tertiary/aromatic N) is 2. The number of benzene rings is 3.